The molecule has 5 nitrogen and oxygen atoms in total. The van der Waals surface area contributed by atoms with Crippen LogP contribution in [-0.4, -0.2) is 28.2 Å². The first kappa shape index (κ1) is 17.0. The largest absolute Gasteiger partial charge is 0.459 e. The Kier molecular flexibility index (Phi) is 4.18. The van der Waals surface area contributed by atoms with Crippen LogP contribution < -0.4 is 5.32 Å². The molecule has 2 aromatic rings. The Morgan fingerprint density at radius 2 is 2.08 bits per heavy atom. The summed E-state index contributed by atoms with van der Waals surface area (Å²) in [6.45, 7) is 7.94. The number of carbonyl (C=O) groups is 1. The zero-order chi connectivity index (χ0) is 17.5. The third-order valence-electron chi connectivity index (χ3n) is 4.39. The Bertz CT molecular complexity index is 760. The number of para-hydroxylation sites is 1. The Labute approximate surface area is 142 Å². The van der Waals surface area contributed by atoms with Gasteiger partial charge in [0.25, 0.3) is 0 Å². The van der Waals surface area contributed by atoms with Gasteiger partial charge in [-0.25, -0.2) is 4.79 Å². The van der Waals surface area contributed by atoms with E-state index in [1.165, 1.54) is 0 Å². The van der Waals surface area contributed by atoms with E-state index in [2.05, 4.69) is 10.3 Å². The molecule has 5 heteroatoms. The van der Waals surface area contributed by atoms with E-state index in [0.717, 1.165) is 22.9 Å². The summed E-state index contributed by atoms with van der Waals surface area (Å²) in [5.74, 6) is -0.325. The summed E-state index contributed by atoms with van der Waals surface area (Å²) >= 11 is 0. The summed E-state index contributed by atoms with van der Waals surface area (Å²) in [7, 11) is 0. The van der Waals surface area contributed by atoms with E-state index in [0.29, 0.717) is 18.7 Å². The molecule has 1 aromatic heterocycles. The lowest BCUT2D eigenvalue weighted by Crippen LogP contribution is -2.48. The molecule has 130 valence electrons. The van der Waals surface area contributed by atoms with Crippen molar-refractivity contribution in [1.29, 1.82) is 0 Å². The number of β-amino-alcohol motifs (C(OH)–C–C–N with tert-alkyl or cyclic N) is 1. The van der Waals surface area contributed by atoms with Gasteiger partial charge in [0.2, 0.25) is 0 Å². The summed E-state index contributed by atoms with van der Waals surface area (Å²) < 4.78 is 5.56. The summed E-state index contributed by atoms with van der Waals surface area (Å²) in [6.07, 6.45) is 1.49. The fourth-order valence-corrected chi connectivity index (χ4v) is 3.53. The van der Waals surface area contributed by atoms with Gasteiger partial charge in [-0.05, 0) is 33.3 Å². The number of ether oxygens (including phenoxy) is 1. The molecule has 0 radical (unpaired) electrons. The Hall–Kier alpha value is -1.85. The van der Waals surface area contributed by atoms with E-state index in [1.54, 1.807) is 0 Å². The molecule has 0 saturated carbocycles. The van der Waals surface area contributed by atoms with Crippen LogP contribution in [0.2, 0.25) is 0 Å². The number of aromatic nitrogens is 1. The normalized spacial score (nSPS) is 24.0. The number of hydrogen-bond donors (Lipinski definition) is 3. The molecule has 0 fully saturated rings. The summed E-state index contributed by atoms with van der Waals surface area (Å²) in [4.78, 5) is 16.0. The van der Waals surface area contributed by atoms with Gasteiger partial charge in [0.15, 0.2) is 0 Å². The first-order chi connectivity index (χ1) is 11.2. The number of benzene rings is 1. The van der Waals surface area contributed by atoms with E-state index < -0.39 is 17.2 Å². The predicted octanol–water partition coefficient (Wildman–Crippen LogP) is 3.14. The zero-order valence-electron chi connectivity index (χ0n) is 14.8. The van der Waals surface area contributed by atoms with Crippen molar-refractivity contribution < 1.29 is 14.6 Å². The van der Waals surface area contributed by atoms with Gasteiger partial charge < -0.3 is 14.8 Å². The predicted molar refractivity (Wildman–Crippen MR) is 93.7 cm³/mol. The van der Waals surface area contributed by atoms with Crippen molar-refractivity contribution in [2.24, 2.45) is 0 Å². The molecular formula is C19H26N2O3. The van der Waals surface area contributed by atoms with Crippen molar-refractivity contribution in [3.05, 3.63) is 35.5 Å². The van der Waals surface area contributed by atoms with E-state index in [4.69, 9.17) is 4.74 Å². The first-order valence-electron chi connectivity index (χ1n) is 8.55. The second kappa shape index (κ2) is 5.90. The molecule has 2 unspecified atom stereocenters. The number of nitrogens with one attached hydrogen (secondary N) is 2. The highest BCUT2D eigenvalue weighted by Gasteiger charge is 2.43. The van der Waals surface area contributed by atoms with Crippen LogP contribution in [-0.2, 0) is 15.1 Å². The number of esters is 1. The van der Waals surface area contributed by atoms with Gasteiger partial charge in [-0.2, -0.15) is 0 Å². The number of hydrogen-bond acceptors (Lipinski definition) is 4. The van der Waals surface area contributed by atoms with Crippen LogP contribution >= 0.6 is 0 Å². The molecule has 3 rings (SSSR count). The van der Waals surface area contributed by atoms with Crippen LogP contribution in [0.4, 0.5) is 0 Å². The second-order valence-corrected chi connectivity index (χ2v) is 7.59. The maximum Gasteiger partial charge on any atom is 0.329 e. The molecule has 3 N–H and O–H groups in total. The number of rotatable bonds is 3. The van der Waals surface area contributed by atoms with Crippen molar-refractivity contribution in [2.45, 2.75) is 57.8 Å². The highest BCUT2D eigenvalue weighted by Crippen LogP contribution is 2.41. The van der Waals surface area contributed by atoms with E-state index >= 15 is 0 Å². The molecule has 1 aromatic carbocycles. The topological polar surface area (TPSA) is 74.3 Å². The summed E-state index contributed by atoms with van der Waals surface area (Å²) in [5.41, 5.74) is 0.932. The minimum Gasteiger partial charge on any atom is -0.459 e. The molecule has 24 heavy (non-hydrogen) atoms. The standard InChI is InChI=1S/C19H26N2O3/c1-5-10-19(23)11-20-16(17(22)24-18(2,3)4)15-14(19)12-8-6-7-9-13(12)21-15/h6-9,16,20-21,23H,5,10-11H2,1-4H3. The van der Waals surface area contributed by atoms with Gasteiger partial charge in [-0.3, -0.25) is 5.32 Å². The number of carbonyl (C=O) groups excluding carboxylic acids is 1. The smallest absolute Gasteiger partial charge is 0.329 e. The number of aliphatic hydroxyl groups is 1. The summed E-state index contributed by atoms with van der Waals surface area (Å²) in [5, 5.41) is 15.4. The number of H-pyrrole nitrogens is 1. The SMILES string of the molecule is CCCC1(O)CNC(C(=O)OC(C)(C)C)c2[nH]c3ccccc3c21. The summed E-state index contributed by atoms with van der Waals surface area (Å²) in [6, 6.07) is 7.25. The van der Waals surface area contributed by atoms with Gasteiger partial charge >= 0.3 is 5.97 Å². The maximum atomic E-state index is 12.6. The minimum absolute atomic E-state index is 0.325. The quantitative estimate of drug-likeness (QED) is 0.756. The Morgan fingerprint density at radius 1 is 1.38 bits per heavy atom. The maximum absolute atomic E-state index is 12.6. The first-order valence-corrected chi connectivity index (χ1v) is 8.55. The third kappa shape index (κ3) is 2.94. The van der Waals surface area contributed by atoms with Crippen LogP contribution in [0.25, 0.3) is 10.9 Å². The average molecular weight is 330 g/mol. The number of fused-ring (bicyclic) bond motifs is 3. The molecular weight excluding hydrogens is 304 g/mol. The molecule has 2 heterocycles. The van der Waals surface area contributed by atoms with Gasteiger partial charge in [0.05, 0.1) is 5.69 Å². The van der Waals surface area contributed by atoms with Crippen molar-refractivity contribution >= 4 is 16.9 Å². The van der Waals surface area contributed by atoms with Crippen LogP contribution in [0, 0.1) is 0 Å². The van der Waals surface area contributed by atoms with Crippen LogP contribution in [0.1, 0.15) is 57.8 Å². The lowest BCUT2D eigenvalue weighted by molar-refractivity contribution is -0.158. The van der Waals surface area contributed by atoms with Crippen LogP contribution in [0.5, 0.6) is 0 Å². The second-order valence-electron chi connectivity index (χ2n) is 7.59. The molecule has 0 saturated heterocycles. The van der Waals surface area contributed by atoms with Crippen molar-refractivity contribution in [1.82, 2.24) is 10.3 Å². The molecule has 1 aliphatic rings. The monoisotopic (exact) mass is 330 g/mol. The van der Waals surface area contributed by atoms with Gasteiger partial charge in [0.1, 0.15) is 17.2 Å². The van der Waals surface area contributed by atoms with E-state index in [1.807, 2.05) is 52.0 Å². The molecule has 0 spiro atoms. The van der Waals surface area contributed by atoms with Crippen molar-refractivity contribution in [2.75, 3.05) is 6.54 Å². The highest BCUT2D eigenvalue weighted by atomic mass is 16.6. The van der Waals surface area contributed by atoms with E-state index in [-0.39, 0.29) is 5.97 Å². The minimum atomic E-state index is -0.984. The fourth-order valence-electron chi connectivity index (χ4n) is 3.53. The zero-order valence-corrected chi connectivity index (χ0v) is 14.8. The van der Waals surface area contributed by atoms with Gasteiger partial charge in [-0.1, -0.05) is 31.5 Å². The fraction of sp³-hybridized carbons (Fsp3) is 0.526. The highest BCUT2D eigenvalue weighted by molar-refractivity contribution is 5.89. The van der Waals surface area contributed by atoms with Gasteiger partial charge in [-0.15, -0.1) is 0 Å². The number of aromatic amines is 1. The third-order valence-corrected chi connectivity index (χ3v) is 4.39. The molecule has 0 bridgehead atoms. The van der Waals surface area contributed by atoms with E-state index in [9.17, 15) is 9.90 Å². The average Bonchev–Trinajstić information content (AvgIpc) is 2.86. The molecule has 2 atom stereocenters. The Morgan fingerprint density at radius 3 is 2.75 bits per heavy atom. The lowest BCUT2D eigenvalue weighted by Gasteiger charge is -2.37. The Balaban J connectivity index is 2.11. The van der Waals surface area contributed by atoms with Crippen molar-refractivity contribution in [3.8, 4) is 0 Å². The molecule has 0 aliphatic carbocycles. The molecule has 0 amide bonds. The van der Waals surface area contributed by atoms with Crippen molar-refractivity contribution in [3.63, 3.8) is 0 Å². The van der Waals surface area contributed by atoms with Gasteiger partial charge in [0, 0.05) is 23.0 Å². The van der Waals surface area contributed by atoms with Crippen LogP contribution in [0.3, 0.4) is 0 Å². The molecule has 1 aliphatic heterocycles. The lowest BCUT2D eigenvalue weighted by atomic mass is 9.82. The van der Waals surface area contributed by atoms with Crippen LogP contribution in [0.15, 0.2) is 24.3 Å².